The van der Waals surface area contributed by atoms with E-state index in [9.17, 15) is 23.3 Å². The Hall–Kier alpha value is -1.70. The monoisotopic (exact) mass is 385 g/mol. The summed E-state index contributed by atoms with van der Waals surface area (Å²) >= 11 is 17.5. The van der Waals surface area contributed by atoms with E-state index in [0.29, 0.717) is 0 Å². The van der Waals surface area contributed by atoms with Gasteiger partial charge in [0.1, 0.15) is 5.75 Å². The van der Waals surface area contributed by atoms with E-state index in [0.717, 1.165) is 18.2 Å². The Balaban J connectivity index is 2.66. The normalized spacial score (nSPS) is 11.4. The molecule has 0 N–H and O–H groups in total. The van der Waals surface area contributed by atoms with Crippen molar-refractivity contribution in [2.75, 3.05) is 0 Å². The molecule has 0 aliphatic carbocycles. The van der Waals surface area contributed by atoms with Crippen LogP contribution < -0.4 is 4.74 Å². The summed E-state index contributed by atoms with van der Waals surface area (Å²) in [4.78, 5) is 10.1. The molecule has 0 radical (unpaired) electrons. The molecule has 2 aromatic rings. The van der Waals surface area contributed by atoms with Crippen molar-refractivity contribution in [1.29, 1.82) is 0 Å². The first-order valence-electron chi connectivity index (χ1n) is 5.77. The van der Waals surface area contributed by atoms with Crippen LogP contribution in [0.4, 0.5) is 18.9 Å². The first-order valence-corrected chi connectivity index (χ1v) is 6.91. The number of halogens is 6. The molecule has 0 saturated heterocycles. The van der Waals surface area contributed by atoms with Gasteiger partial charge >= 0.3 is 6.36 Å². The van der Waals surface area contributed by atoms with Crippen LogP contribution in [-0.2, 0) is 0 Å². The number of nitrogens with zero attached hydrogens (tertiary/aromatic N) is 1. The topological polar surface area (TPSA) is 52.4 Å². The fourth-order valence-corrected chi connectivity index (χ4v) is 2.38. The van der Waals surface area contributed by atoms with E-state index in [1.165, 1.54) is 12.1 Å². The molecule has 0 aliphatic rings. The average Bonchev–Trinajstić information content (AvgIpc) is 2.42. The maximum absolute atomic E-state index is 12.5. The molecule has 0 bridgehead atoms. The second-order valence-corrected chi connectivity index (χ2v) is 5.43. The van der Waals surface area contributed by atoms with E-state index in [-0.39, 0.29) is 26.2 Å². The number of nitro groups is 1. The van der Waals surface area contributed by atoms with Crippen molar-refractivity contribution in [3.05, 3.63) is 55.5 Å². The van der Waals surface area contributed by atoms with Crippen LogP contribution in [0.3, 0.4) is 0 Å². The SMILES string of the molecule is O=[N+]([O-])c1ccc(OC(F)(F)F)c(-c2cc(Cl)c(Cl)c(Cl)c2)c1. The Morgan fingerprint density at radius 1 is 1.04 bits per heavy atom. The van der Waals surface area contributed by atoms with E-state index in [1.807, 2.05) is 0 Å². The molecule has 10 heteroatoms. The zero-order chi connectivity index (χ0) is 17.4. The maximum atomic E-state index is 12.5. The third-order valence-corrected chi connectivity index (χ3v) is 3.89. The molecule has 0 aliphatic heterocycles. The van der Waals surface area contributed by atoms with Gasteiger partial charge in [-0.05, 0) is 23.8 Å². The van der Waals surface area contributed by atoms with Gasteiger partial charge in [-0.25, -0.2) is 0 Å². The van der Waals surface area contributed by atoms with Gasteiger partial charge in [0.05, 0.1) is 20.0 Å². The van der Waals surface area contributed by atoms with Gasteiger partial charge in [-0.2, -0.15) is 0 Å². The van der Waals surface area contributed by atoms with Crippen molar-refractivity contribution in [1.82, 2.24) is 0 Å². The molecule has 0 unspecified atom stereocenters. The number of hydrogen-bond acceptors (Lipinski definition) is 3. The summed E-state index contributed by atoms with van der Waals surface area (Å²) < 4.78 is 41.4. The molecular formula is C13H5Cl3F3NO3. The second kappa shape index (κ2) is 6.43. The molecule has 0 amide bonds. The van der Waals surface area contributed by atoms with E-state index in [4.69, 9.17) is 34.8 Å². The standard InChI is InChI=1S/C13H5Cl3F3NO3/c14-9-3-6(4-10(15)12(9)16)8-5-7(20(21)22)1-2-11(8)23-13(17,18)19/h1-5H. The number of nitro benzene ring substituents is 1. The molecule has 2 aromatic carbocycles. The van der Waals surface area contributed by atoms with Crippen LogP contribution in [0.15, 0.2) is 30.3 Å². The largest absolute Gasteiger partial charge is 0.573 e. The maximum Gasteiger partial charge on any atom is 0.573 e. The van der Waals surface area contributed by atoms with Crippen LogP contribution in [0.1, 0.15) is 0 Å². The molecule has 0 aromatic heterocycles. The molecule has 122 valence electrons. The third-order valence-electron chi connectivity index (χ3n) is 2.69. The molecule has 23 heavy (non-hydrogen) atoms. The fourth-order valence-electron chi connectivity index (χ4n) is 1.78. The van der Waals surface area contributed by atoms with Gasteiger partial charge in [0.25, 0.3) is 5.69 Å². The summed E-state index contributed by atoms with van der Waals surface area (Å²) in [6.07, 6.45) is -4.97. The van der Waals surface area contributed by atoms with Crippen LogP contribution in [0.25, 0.3) is 11.1 Å². The van der Waals surface area contributed by atoms with Gasteiger partial charge in [-0.1, -0.05) is 34.8 Å². The minimum Gasteiger partial charge on any atom is -0.405 e. The first-order chi connectivity index (χ1) is 10.6. The Labute approximate surface area is 142 Å². The van der Waals surface area contributed by atoms with Gasteiger partial charge in [-0.15, -0.1) is 13.2 Å². The van der Waals surface area contributed by atoms with E-state index < -0.39 is 22.7 Å². The fraction of sp³-hybridized carbons (Fsp3) is 0.0769. The number of rotatable bonds is 3. The summed E-state index contributed by atoms with van der Waals surface area (Å²) in [5.74, 6) is -0.627. The molecule has 4 nitrogen and oxygen atoms in total. The van der Waals surface area contributed by atoms with Crippen molar-refractivity contribution >= 4 is 40.5 Å². The van der Waals surface area contributed by atoms with Crippen molar-refractivity contribution in [2.45, 2.75) is 6.36 Å². The predicted octanol–water partition coefficient (Wildman–Crippen LogP) is 6.12. The Morgan fingerprint density at radius 2 is 1.61 bits per heavy atom. The highest BCUT2D eigenvalue weighted by Crippen LogP contribution is 2.41. The zero-order valence-corrected chi connectivity index (χ0v) is 13.1. The smallest absolute Gasteiger partial charge is 0.405 e. The third kappa shape index (κ3) is 4.19. The minimum absolute atomic E-state index is 0.0146. The van der Waals surface area contributed by atoms with Gasteiger partial charge in [0, 0.05) is 17.7 Å². The number of non-ortho nitro benzene ring substituents is 1. The lowest BCUT2D eigenvalue weighted by Gasteiger charge is -2.14. The number of alkyl halides is 3. The summed E-state index contributed by atoms with van der Waals surface area (Å²) in [7, 11) is 0. The quantitative estimate of drug-likeness (QED) is 0.363. The first kappa shape index (κ1) is 17.7. The van der Waals surface area contributed by atoms with Crippen molar-refractivity contribution in [2.24, 2.45) is 0 Å². The van der Waals surface area contributed by atoms with Gasteiger partial charge < -0.3 is 4.74 Å². The summed E-state index contributed by atoms with van der Waals surface area (Å²) in [5.41, 5.74) is -0.527. The Kier molecular flexibility index (Phi) is 4.93. The molecule has 2 rings (SSSR count). The second-order valence-electron chi connectivity index (χ2n) is 4.24. The van der Waals surface area contributed by atoms with Crippen molar-refractivity contribution < 1.29 is 22.8 Å². The number of hydrogen-bond donors (Lipinski definition) is 0. The minimum atomic E-state index is -4.97. The average molecular weight is 387 g/mol. The zero-order valence-electron chi connectivity index (χ0n) is 10.8. The molecule has 0 heterocycles. The van der Waals surface area contributed by atoms with E-state index in [1.54, 1.807) is 0 Å². The van der Waals surface area contributed by atoms with E-state index in [2.05, 4.69) is 4.74 Å². The Bertz CT molecular complexity index is 758. The molecular weight excluding hydrogens is 382 g/mol. The lowest BCUT2D eigenvalue weighted by molar-refractivity contribution is -0.384. The predicted molar refractivity (Wildman–Crippen MR) is 80.2 cm³/mol. The van der Waals surface area contributed by atoms with Crippen molar-refractivity contribution in [3.8, 4) is 16.9 Å². The highest BCUT2D eigenvalue weighted by molar-refractivity contribution is 6.48. The highest BCUT2D eigenvalue weighted by atomic mass is 35.5. The Morgan fingerprint density at radius 3 is 2.09 bits per heavy atom. The molecule has 0 saturated carbocycles. The summed E-state index contributed by atoms with van der Waals surface area (Å²) in [5, 5.41) is 10.8. The summed E-state index contributed by atoms with van der Waals surface area (Å²) in [6, 6.07) is 5.13. The van der Waals surface area contributed by atoms with Gasteiger partial charge in [-0.3, -0.25) is 10.1 Å². The molecule has 0 spiro atoms. The van der Waals surface area contributed by atoms with Gasteiger partial charge in [0.2, 0.25) is 0 Å². The highest BCUT2D eigenvalue weighted by Gasteiger charge is 2.33. The van der Waals surface area contributed by atoms with Crippen LogP contribution >= 0.6 is 34.8 Å². The van der Waals surface area contributed by atoms with E-state index >= 15 is 0 Å². The lowest BCUT2D eigenvalue weighted by atomic mass is 10.0. The number of benzene rings is 2. The van der Waals surface area contributed by atoms with Gasteiger partial charge in [0.15, 0.2) is 0 Å². The van der Waals surface area contributed by atoms with Crippen LogP contribution in [0, 0.1) is 10.1 Å². The van der Waals surface area contributed by atoms with Crippen LogP contribution in [-0.4, -0.2) is 11.3 Å². The summed E-state index contributed by atoms with van der Waals surface area (Å²) in [6.45, 7) is 0. The molecule has 0 fully saturated rings. The lowest BCUT2D eigenvalue weighted by Crippen LogP contribution is -2.17. The number of ether oxygens (including phenoxy) is 1. The molecule has 0 atom stereocenters. The van der Waals surface area contributed by atoms with Crippen LogP contribution in [0.2, 0.25) is 15.1 Å². The van der Waals surface area contributed by atoms with Crippen molar-refractivity contribution in [3.63, 3.8) is 0 Å². The van der Waals surface area contributed by atoms with Crippen LogP contribution in [0.5, 0.6) is 5.75 Å².